The Kier molecular flexibility index (Phi) is 5.69. The molecule has 0 radical (unpaired) electrons. The molecule has 0 fully saturated rings. The fraction of sp³-hybridized carbons (Fsp3) is 0.250. The van der Waals surface area contributed by atoms with Crippen LogP contribution < -0.4 is 10.2 Å². The Morgan fingerprint density at radius 1 is 1.12 bits per heavy atom. The van der Waals surface area contributed by atoms with Crippen molar-refractivity contribution in [2.24, 2.45) is 0 Å². The molecule has 0 saturated carbocycles. The summed E-state index contributed by atoms with van der Waals surface area (Å²) < 4.78 is 0. The van der Waals surface area contributed by atoms with E-state index in [0.29, 0.717) is 22.8 Å². The number of phenols is 2. The lowest BCUT2D eigenvalue weighted by atomic mass is 10.0. The molecule has 0 aromatic heterocycles. The Hall–Kier alpha value is -2.53. The normalized spacial score (nSPS) is 10.4. The van der Waals surface area contributed by atoms with Crippen LogP contribution in [-0.2, 0) is 6.42 Å². The molecule has 3 N–H and O–H groups in total. The van der Waals surface area contributed by atoms with Gasteiger partial charge >= 0.3 is 0 Å². The smallest absolute Gasteiger partial charge is 0.177 e. The predicted octanol–water partition coefficient (Wildman–Crippen LogP) is 4.26. The molecule has 2 aromatic carbocycles. The molecule has 0 spiro atoms. The van der Waals surface area contributed by atoms with Gasteiger partial charge in [-0.25, -0.2) is 0 Å². The summed E-state index contributed by atoms with van der Waals surface area (Å²) in [6.07, 6.45) is 0.645. The summed E-state index contributed by atoms with van der Waals surface area (Å²) in [6, 6.07) is 9.12. The predicted molar refractivity (Wildman–Crippen MR) is 108 cm³/mol. The van der Waals surface area contributed by atoms with Crippen LogP contribution in [0, 0.1) is 13.8 Å². The summed E-state index contributed by atoms with van der Waals surface area (Å²) in [5.41, 5.74) is 4.99. The molecule has 132 valence electrons. The summed E-state index contributed by atoms with van der Waals surface area (Å²) in [4.78, 5) is 1.79. The fourth-order valence-electron chi connectivity index (χ4n) is 2.63. The number of thiocarbonyl (C=S) groups is 1. The van der Waals surface area contributed by atoms with Crippen molar-refractivity contribution < 1.29 is 10.2 Å². The van der Waals surface area contributed by atoms with E-state index in [1.54, 1.807) is 18.0 Å². The maximum Gasteiger partial charge on any atom is 0.177 e. The molecule has 4 nitrogen and oxygen atoms in total. The highest BCUT2D eigenvalue weighted by atomic mass is 32.1. The van der Waals surface area contributed by atoms with Gasteiger partial charge in [0.2, 0.25) is 0 Å². The van der Waals surface area contributed by atoms with Gasteiger partial charge in [-0.1, -0.05) is 19.6 Å². The van der Waals surface area contributed by atoms with E-state index in [0.717, 1.165) is 16.8 Å². The van der Waals surface area contributed by atoms with Crippen LogP contribution >= 0.6 is 12.2 Å². The molecule has 0 aliphatic carbocycles. The minimum absolute atomic E-state index is 0.0348. The number of hydrogen-bond donors (Lipinski definition) is 3. The molecule has 0 bridgehead atoms. The van der Waals surface area contributed by atoms with E-state index in [-0.39, 0.29) is 11.5 Å². The maximum atomic E-state index is 10.3. The van der Waals surface area contributed by atoms with Gasteiger partial charge in [-0.05, 0) is 67.4 Å². The number of aromatic hydroxyl groups is 2. The van der Waals surface area contributed by atoms with Crippen LogP contribution in [0.4, 0.5) is 5.69 Å². The molecule has 0 atom stereocenters. The third-order valence-electron chi connectivity index (χ3n) is 4.32. The molecule has 0 aliphatic rings. The Labute approximate surface area is 154 Å². The SMILES string of the molecule is C=C(c1cc(CC)c(O)cc1O)N(C(=S)NC)c1ccc(C)c(C)c1. The van der Waals surface area contributed by atoms with Crippen LogP contribution in [0.25, 0.3) is 5.70 Å². The highest BCUT2D eigenvalue weighted by Crippen LogP contribution is 2.35. The van der Waals surface area contributed by atoms with Crippen molar-refractivity contribution in [1.82, 2.24) is 5.32 Å². The third-order valence-corrected chi connectivity index (χ3v) is 4.71. The van der Waals surface area contributed by atoms with Crippen molar-refractivity contribution in [3.05, 3.63) is 59.2 Å². The zero-order chi connectivity index (χ0) is 18.7. The second-order valence-corrected chi connectivity index (χ2v) is 6.34. The van der Waals surface area contributed by atoms with E-state index in [9.17, 15) is 10.2 Å². The number of rotatable bonds is 4. The fourth-order valence-corrected chi connectivity index (χ4v) is 2.84. The minimum Gasteiger partial charge on any atom is -0.508 e. The molecule has 0 unspecified atom stereocenters. The topological polar surface area (TPSA) is 55.7 Å². The number of anilines is 1. The molecule has 0 amide bonds. The van der Waals surface area contributed by atoms with E-state index in [4.69, 9.17) is 12.2 Å². The second-order valence-electron chi connectivity index (χ2n) is 5.96. The molecular weight excluding hydrogens is 332 g/mol. The monoisotopic (exact) mass is 356 g/mol. The molecule has 25 heavy (non-hydrogen) atoms. The van der Waals surface area contributed by atoms with Gasteiger partial charge in [0.25, 0.3) is 0 Å². The van der Waals surface area contributed by atoms with Crippen LogP contribution in [0.2, 0.25) is 0 Å². The van der Waals surface area contributed by atoms with Crippen LogP contribution in [0.1, 0.15) is 29.2 Å². The van der Waals surface area contributed by atoms with E-state index < -0.39 is 0 Å². The molecular formula is C20H24N2O2S. The zero-order valence-corrected chi connectivity index (χ0v) is 15.9. The van der Waals surface area contributed by atoms with Crippen molar-refractivity contribution in [2.45, 2.75) is 27.2 Å². The first kappa shape index (κ1) is 18.8. The lowest BCUT2D eigenvalue weighted by molar-refractivity contribution is 0.445. The van der Waals surface area contributed by atoms with Gasteiger partial charge in [-0.15, -0.1) is 0 Å². The molecule has 5 heteroatoms. The van der Waals surface area contributed by atoms with Gasteiger partial charge in [0, 0.05) is 24.4 Å². The van der Waals surface area contributed by atoms with Gasteiger partial charge in [-0.2, -0.15) is 0 Å². The molecule has 0 heterocycles. The summed E-state index contributed by atoms with van der Waals surface area (Å²) in [6.45, 7) is 10.2. The van der Waals surface area contributed by atoms with Crippen molar-refractivity contribution in [3.63, 3.8) is 0 Å². The lowest BCUT2D eigenvalue weighted by Crippen LogP contribution is -2.36. The van der Waals surface area contributed by atoms with E-state index in [1.165, 1.54) is 11.6 Å². The average molecular weight is 356 g/mol. The van der Waals surface area contributed by atoms with Crippen LogP contribution in [0.15, 0.2) is 36.9 Å². The first-order valence-corrected chi connectivity index (χ1v) is 8.54. The van der Waals surface area contributed by atoms with Crippen molar-refractivity contribution in [3.8, 4) is 11.5 Å². The second kappa shape index (κ2) is 7.57. The standard InChI is InChI=1S/C20H24N2O2S/c1-6-15-10-17(19(24)11-18(15)23)14(4)22(20(25)21-5)16-8-7-12(2)13(3)9-16/h7-11,23-24H,4,6H2,1-3,5H3,(H,21,25). The average Bonchev–Trinajstić information content (AvgIpc) is 2.58. The number of nitrogens with zero attached hydrogens (tertiary/aromatic N) is 1. The molecule has 2 rings (SSSR count). The molecule has 2 aromatic rings. The largest absolute Gasteiger partial charge is 0.508 e. The Bertz CT molecular complexity index is 831. The Balaban J connectivity index is 2.57. The number of aryl methyl sites for hydroxylation is 3. The van der Waals surface area contributed by atoms with Gasteiger partial charge in [0.1, 0.15) is 11.5 Å². The Morgan fingerprint density at radius 2 is 1.80 bits per heavy atom. The molecule has 0 aliphatic heterocycles. The van der Waals surface area contributed by atoms with Crippen LogP contribution in [0.5, 0.6) is 11.5 Å². The van der Waals surface area contributed by atoms with Gasteiger partial charge < -0.3 is 15.5 Å². The van der Waals surface area contributed by atoms with Crippen LogP contribution in [0.3, 0.4) is 0 Å². The van der Waals surface area contributed by atoms with Crippen molar-refractivity contribution >= 4 is 28.7 Å². The number of hydrogen-bond acceptors (Lipinski definition) is 3. The molecule has 0 saturated heterocycles. The summed E-state index contributed by atoms with van der Waals surface area (Å²) in [7, 11) is 1.75. The third kappa shape index (κ3) is 3.77. The number of nitrogens with one attached hydrogen (secondary N) is 1. The summed E-state index contributed by atoms with van der Waals surface area (Å²) in [5.74, 6) is 0.0397. The Morgan fingerprint density at radius 3 is 2.36 bits per heavy atom. The number of phenolic OH excluding ortho intramolecular Hbond substituents is 2. The van der Waals surface area contributed by atoms with Gasteiger partial charge in [0.15, 0.2) is 5.11 Å². The highest BCUT2D eigenvalue weighted by Gasteiger charge is 2.20. The van der Waals surface area contributed by atoms with Gasteiger partial charge in [-0.3, -0.25) is 4.90 Å². The van der Waals surface area contributed by atoms with E-state index in [1.807, 2.05) is 39.0 Å². The summed E-state index contributed by atoms with van der Waals surface area (Å²) >= 11 is 5.46. The lowest BCUT2D eigenvalue weighted by Gasteiger charge is -2.28. The minimum atomic E-state index is -0.0348. The maximum absolute atomic E-state index is 10.3. The van der Waals surface area contributed by atoms with Crippen LogP contribution in [-0.4, -0.2) is 22.4 Å². The van der Waals surface area contributed by atoms with E-state index >= 15 is 0 Å². The summed E-state index contributed by atoms with van der Waals surface area (Å²) in [5, 5.41) is 23.7. The van der Waals surface area contributed by atoms with Gasteiger partial charge in [0.05, 0.1) is 5.70 Å². The highest BCUT2D eigenvalue weighted by molar-refractivity contribution is 7.80. The van der Waals surface area contributed by atoms with Crippen molar-refractivity contribution in [1.29, 1.82) is 0 Å². The zero-order valence-electron chi connectivity index (χ0n) is 15.1. The quantitative estimate of drug-likeness (QED) is 0.715. The first-order valence-electron chi connectivity index (χ1n) is 8.13. The van der Waals surface area contributed by atoms with Crippen molar-refractivity contribution in [2.75, 3.05) is 11.9 Å². The van der Waals surface area contributed by atoms with E-state index in [2.05, 4.69) is 11.9 Å². The first-order chi connectivity index (χ1) is 11.8. The number of benzene rings is 2.